The first-order valence-electron chi connectivity index (χ1n) is 7.61. The Labute approximate surface area is 123 Å². The molecule has 1 N–H and O–H groups in total. The molecule has 2 fully saturated rings. The minimum Gasteiger partial charge on any atom is -0.416 e. The number of hydrogen-bond acceptors (Lipinski definition) is 4. The highest BCUT2D eigenvalue weighted by atomic mass is 28.4. The molecule has 1 saturated heterocycles. The molecule has 1 heterocycles. The molecule has 0 spiro atoms. The summed E-state index contributed by atoms with van der Waals surface area (Å²) in [6.45, 7) is 15.7. The third-order valence-corrected chi connectivity index (χ3v) is 9.52. The summed E-state index contributed by atoms with van der Waals surface area (Å²) in [5.74, 6) is -0.364. The van der Waals surface area contributed by atoms with Gasteiger partial charge >= 0.3 is 0 Å². The Bertz CT molecular complexity index is 361. The maximum absolute atomic E-state index is 10.1. The zero-order chi connectivity index (χ0) is 15.3. The highest BCUT2D eigenvalue weighted by molar-refractivity contribution is 6.74. The normalized spacial score (nSPS) is 37.2. The molecule has 5 heteroatoms. The Hall–Kier alpha value is 0.0569. The molecule has 0 aromatic rings. The van der Waals surface area contributed by atoms with Crippen molar-refractivity contribution in [1.82, 2.24) is 0 Å². The van der Waals surface area contributed by atoms with Crippen molar-refractivity contribution in [3.63, 3.8) is 0 Å². The van der Waals surface area contributed by atoms with Gasteiger partial charge in [-0.15, -0.1) is 0 Å². The highest BCUT2D eigenvalue weighted by Gasteiger charge is 2.54. The van der Waals surface area contributed by atoms with E-state index in [2.05, 4.69) is 33.9 Å². The SMILES string of the molecule is CC1(C)OC2C(O)CC(CO[Si](C)(C)C(C)(C)C)C2O1. The van der Waals surface area contributed by atoms with Crippen LogP contribution in [0.3, 0.4) is 0 Å². The number of ether oxygens (including phenoxy) is 2. The van der Waals surface area contributed by atoms with E-state index in [-0.39, 0.29) is 23.2 Å². The van der Waals surface area contributed by atoms with Crippen molar-refractivity contribution in [2.75, 3.05) is 6.61 Å². The van der Waals surface area contributed by atoms with Crippen LogP contribution in [0, 0.1) is 5.92 Å². The highest BCUT2D eigenvalue weighted by Crippen LogP contribution is 2.43. The van der Waals surface area contributed by atoms with Crippen molar-refractivity contribution in [3.05, 3.63) is 0 Å². The van der Waals surface area contributed by atoms with E-state index < -0.39 is 20.2 Å². The topological polar surface area (TPSA) is 47.9 Å². The molecule has 4 atom stereocenters. The predicted molar refractivity (Wildman–Crippen MR) is 81.1 cm³/mol. The average molecular weight is 302 g/mol. The van der Waals surface area contributed by atoms with Crippen LogP contribution >= 0.6 is 0 Å². The van der Waals surface area contributed by atoms with Gasteiger partial charge in [0.15, 0.2) is 14.1 Å². The molecule has 0 aromatic carbocycles. The summed E-state index contributed by atoms with van der Waals surface area (Å²) < 4.78 is 18.1. The molecule has 1 saturated carbocycles. The van der Waals surface area contributed by atoms with Crippen LogP contribution in [0.5, 0.6) is 0 Å². The lowest BCUT2D eigenvalue weighted by Gasteiger charge is -2.37. The Morgan fingerprint density at radius 3 is 2.30 bits per heavy atom. The summed E-state index contributed by atoms with van der Waals surface area (Å²) in [6.07, 6.45) is 0.0395. The minimum absolute atomic E-state index is 0.0373. The largest absolute Gasteiger partial charge is 0.416 e. The summed E-state index contributed by atoms with van der Waals surface area (Å²) in [6, 6.07) is 0. The third kappa shape index (κ3) is 3.12. The maximum atomic E-state index is 10.1. The van der Waals surface area contributed by atoms with E-state index in [9.17, 15) is 5.11 Å². The lowest BCUT2D eigenvalue weighted by Crippen LogP contribution is -2.43. The van der Waals surface area contributed by atoms with Gasteiger partial charge in [-0.3, -0.25) is 0 Å². The van der Waals surface area contributed by atoms with Crippen LogP contribution in [-0.2, 0) is 13.9 Å². The van der Waals surface area contributed by atoms with E-state index in [1.807, 2.05) is 13.8 Å². The van der Waals surface area contributed by atoms with Gasteiger partial charge < -0.3 is 19.0 Å². The number of aliphatic hydroxyl groups excluding tert-OH is 1. The van der Waals surface area contributed by atoms with Gasteiger partial charge in [0.1, 0.15) is 6.10 Å². The summed E-state index contributed by atoms with van der Waals surface area (Å²) in [5.41, 5.74) is 0. The first-order chi connectivity index (χ1) is 8.93. The smallest absolute Gasteiger partial charge is 0.191 e. The van der Waals surface area contributed by atoms with Gasteiger partial charge in [0.05, 0.1) is 12.2 Å². The summed E-state index contributed by atoms with van der Waals surface area (Å²) in [4.78, 5) is 0. The fraction of sp³-hybridized carbons (Fsp3) is 1.00. The molecule has 0 aromatic heterocycles. The molecule has 2 aliphatic rings. The molecular weight excluding hydrogens is 272 g/mol. The second-order valence-electron chi connectivity index (χ2n) is 8.20. The van der Waals surface area contributed by atoms with Crippen LogP contribution in [0.15, 0.2) is 0 Å². The van der Waals surface area contributed by atoms with Gasteiger partial charge in [-0.05, 0) is 38.4 Å². The standard InChI is InChI=1S/C15H30O4Si/c1-14(2,3)20(6,7)17-9-10-8-11(16)13-12(10)18-15(4,5)19-13/h10-13,16H,8-9H2,1-7H3. The first-order valence-corrected chi connectivity index (χ1v) is 10.5. The van der Waals surface area contributed by atoms with Gasteiger partial charge in [-0.2, -0.15) is 0 Å². The molecule has 4 nitrogen and oxygen atoms in total. The van der Waals surface area contributed by atoms with E-state index in [4.69, 9.17) is 13.9 Å². The van der Waals surface area contributed by atoms with Crippen molar-refractivity contribution in [3.8, 4) is 0 Å². The molecule has 20 heavy (non-hydrogen) atoms. The molecule has 2 rings (SSSR count). The summed E-state index contributed by atoms with van der Waals surface area (Å²) in [5, 5.41) is 10.3. The molecular formula is C15H30O4Si. The number of fused-ring (bicyclic) bond motifs is 1. The minimum atomic E-state index is -1.75. The van der Waals surface area contributed by atoms with Gasteiger partial charge in [0, 0.05) is 12.5 Å². The van der Waals surface area contributed by atoms with E-state index in [1.54, 1.807) is 0 Å². The predicted octanol–water partition coefficient (Wildman–Crippen LogP) is 2.91. The first kappa shape index (κ1) is 16.4. The number of rotatable bonds is 3. The van der Waals surface area contributed by atoms with E-state index in [0.29, 0.717) is 13.0 Å². The Morgan fingerprint density at radius 2 is 1.75 bits per heavy atom. The van der Waals surface area contributed by atoms with Crippen molar-refractivity contribution in [2.45, 2.75) is 83.3 Å². The Kier molecular flexibility index (Phi) is 4.15. The Morgan fingerprint density at radius 1 is 1.20 bits per heavy atom. The van der Waals surface area contributed by atoms with Crippen molar-refractivity contribution in [2.24, 2.45) is 5.92 Å². The van der Waals surface area contributed by atoms with Gasteiger partial charge in [0.25, 0.3) is 0 Å². The van der Waals surface area contributed by atoms with Crippen molar-refractivity contribution in [1.29, 1.82) is 0 Å². The monoisotopic (exact) mass is 302 g/mol. The van der Waals surface area contributed by atoms with Crippen molar-refractivity contribution < 1.29 is 19.0 Å². The number of hydrogen-bond donors (Lipinski definition) is 1. The van der Waals surface area contributed by atoms with Crippen LogP contribution < -0.4 is 0 Å². The van der Waals surface area contributed by atoms with Crippen LogP contribution in [0.2, 0.25) is 18.1 Å². The fourth-order valence-electron chi connectivity index (χ4n) is 2.75. The van der Waals surface area contributed by atoms with Crippen LogP contribution in [0.25, 0.3) is 0 Å². The molecule has 0 radical (unpaired) electrons. The van der Waals surface area contributed by atoms with E-state index in [0.717, 1.165) is 0 Å². The van der Waals surface area contributed by atoms with E-state index >= 15 is 0 Å². The van der Waals surface area contributed by atoms with Crippen molar-refractivity contribution >= 4 is 8.32 Å². The molecule has 1 aliphatic heterocycles. The quantitative estimate of drug-likeness (QED) is 0.814. The molecule has 0 bridgehead atoms. The summed E-state index contributed by atoms with van der Waals surface area (Å²) >= 11 is 0. The fourth-order valence-corrected chi connectivity index (χ4v) is 3.82. The third-order valence-electron chi connectivity index (χ3n) is 5.02. The Balaban J connectivity index is 1.98. The summed E-state index contributed by atoms with van der Waals surface area (Å²) in [7, 11) is -1.75. The maximum Gasteiger partial charge on any atom is 0.191 e. The lowest BCUT2D eigenvalue weighted by molar-refractivity contribution is -0.167. The van der Waals surface area contributed by atoms with Crippen LogP contribution in [0.4, 0.5) is 0 Å². The van der Waals surface area contributed by atoms with Crippen LogP contribution in [-0.4, -0.2) is 44.1 Å². The van der Waals surface area contributed by atoms with Gasteiger partial charge in [0.2, 0.25) is 0 Å². The number of aliphatic hydroxyl groups is 1. The zero-order valence-corrected chi connectivity index (χ0v) is 14.9. The lowest BCUT2D eigenvalue weighted by atomic mass is 10.1. The van der Waals surface area contributed by atoms with Gasteiger partial charge in [-0.1, -0.05) is 20.8 Å². The molecule has 4 unspecified atom stereocenters. The second kappa shape index (κ2) is 5.06. The van der Waals surface area contributed by atoms with Crippen LogP contribution in [0.1, 0.15) is 41.0 Å². The van der Waals surface area contributed by atoms with E-state index in [1.165, 1.54) is 0 Å². The molecule has 118 valence electrons. The van der Waals surface area contributed by atoms with Gasteiger partial charge in [-0.25, -0.2) is 0 Å². The zero-order valence-electron chi connectivity index (χ0n) is 13.9. The molecule has 0 amide bonds. The second-order valence-corrected chi connectivity index (χ2v) is 13.0. The average Bonchev–Trinajstić information content (AvgIpc) is 2.70. The molecule has 1 aliphatic carbocycles.